The minimum absolute atomic E-state index is 0.0198. The van der Waals surface area contributed by atoms with Gasteiger partial charge in [0.15, 0.2) is 0 Å². The molecule has 0 fully saturated rings. The number of carboxylic acid groups (broad SMARTS) is 1. The van der Waals surface area contributed by atoms with E-state index < -0.39 is 12.0 Å². The largest absolute Gasteiger partial charge is 0.480 e. The number of amides is 1. The summed E-state index contributed by atoms with van der Waals surface area (Å²) in [5, 5.41) is 10.9. The van der Waals surface area contributed by atoms with Gasteiger partial charge in [-0.05, 0) is 0 Å². The van der Waals surface area contributed by atoms with Crippen LogP contribution in [0, 0.1) is 12.3 Å². The highest BCUT2D eigenvalue weighted by molar-refractivity contribution is 5.83. The molecule has 14 heavy (non-hydrogen) atoms. The van der Waals surface area contributed by atoms with E-state index in [4.69, 9.17) is 11.5 Å². The summed E-state index contributed by atoms with van der Waals surface area (Å²) in [5.41, 5.74) is 0. The minimum Gasteiger partial charge on any atom is -0.480 e. The van der Waals surface area contributed by atoms with Gasteiger partial charge in [0.2, 0.25) is 5.91 Å². The van der Waals surface area contributed by atoms with E-state index in [1.165, 1.54) is 7.11 Å². The Morgan fingerprint density at radius 1 is 1.64 bits per heavy atom. The third-order valence-electron chi connectivity index (χ3n) is 1.49. The number of rotatable bonds is 6. The molecule has 0 aromatic carbocycles. The van der Waals surface area contributed by atoms with Crippen LogP contribution in [0.5, 0.6) is 0 Å². The van der Waals surface area contributed by atoms with Crippen LogP contribution in [0.15, 0.2) is 0 Å². The lowest BCUT2D eigenvalue weighted by Gasteiger charge is -2.11. The second-order valence-corrected chi connectivity index (χ2v) is 2.61. The van der Waals surface area contributed by atoms with Gasteiger partial charge in [-0.2, -0.15) is 0 Å². The van der Waals surface area contributed by atoms with Crippen molar-refractivity contribution in [3.05, 3.63) is 0 Å². The number of carbonyl (C=O) groups is 2. The Hall–Kier alpha value is -1.54. The molecule has 0 rings (SSSR count). The monoisotopic (exact) mass is 199 g/mol. The van der Waals surface area contributed by atoms with Crippen molar-refractivity contribution in [2.24, 2.45) is 0 Å². The van der Waals surface area contributed by atoms with Gasteiger partial charge >= 0.3 is 5.97 Å². The van der Waals surface area contributed by atoms with E-state index in [2.05, 4.69) is 16.0 Å². The molecule has 1 unspecified atom stereocenters. The predicted octanol–water partition coefficient (Wildman–Crippen LogP) is -0.384. The molecule has 1 atom stereocenters. The van der Waals surface area contributed by atoms with Gasteiger partial charge in [-0.1, -0.05) is 0 Å². The SMILES string of the molecule is C#CCC(NC(=O)CCOC)C(=O)O. The smallest absolute Gasteiger partial charge is 0.327 e. The second kappa shape index (κ2) is 6.92. The number of methoxy groups -OCH3 is 1. The van der Waals surface area contributed by atoms with Crippen molar-refractivity contribution in [3.63, 3.8) is 0 Å². The van der Waals surface area contributed by atoms with Crippen molar-refractivity contribution in [3.8, 4) is 12.3 Å². The van der Waals surface area contributed by atoms with Crippen molar-refractivity contribution in [1.82, 2.24) is 5.32 Å². The molecular weight excluding hydrogens is 186 g/mol. The minimum atomic E-state index is -1.13. The summed E-state index contributed by atoms with van der Waals surface area (Å²) in [6.45, 7) is 0.258. The Bertz CT molecular complexity index is 244. The molecule has 0 heterocycles. The fraction of sp³-hybridized carbons (Fsp3) is 0.556. The average Bonchev–Trinajstić information content (AvgIpc) is 2.14. The summed E-state index contributed by atoms with van der Waals surface area (Å²) in [7, 11) is 1.46. The van der Waals surface area contributed by atoms with Crippen molar-refractivity contribution in [2.45, 2.75) is 18.9 Å². The van der Waals surface area contributed by atoms with Crippen LogP contribution in [0.25, 0.3) is 0 Å². The van der Waals surface area contributed by atoms with Gasteiger partial charge in [0.1, 0.15) is 6.04 Å². The maximum Gasteiger partial charge on any atom is 0.327 e. The molecular formula is C9H13NO4. The van der Waals surface area contributed by atoms with E-state index in [0.29, 0.717) is 0 Å². The molecule has 0 spiro atoms. The molecule has 0 aliphatic carbocycles. The molecule has 5 heteroatoms. The van der Waals surface area contributed by atoms with Crippen molar-refractivity contribution in [1.29, 1.82) is 0 Å². The fourth-order valence-electron chi connectivity index (χ4n) is 0.779. The Labute approximate surface area is 82.4 Å². The maximum atomic E-state index is 11.1. The zero-order valence-electron chi connectivity index (χ0n) is 7.95. The molecule has 0 aliphatic rings. The number of hydrogen-bond donors (Lipinski definition) is 2. The molecule has 0 saturated heterocycles. The van der Waals surface area contributed by atoms with Gasteiger partial charge in [-0.25, -0.2) is 4.79 Å². The molecule has 0 bridgehead atoms. The summed E-state index contributed by atoms with van der Waals surface area (Å²) in [5.74, 6) is 0.673. The third kappa shape index (κ3) is 5.17. The van der Waals surface area contributed by atoms with E-state index >= 15 is 0 Å². The first-order chi connectivity index (χ1) is 6.61. The molecule has 0 radical (unpaired) electrons. The molecule has 2 N–H and O–H groups in total. The molecule has 0 aromatic rings. The number of ether oxygens (including phenoxy) is 1. The zero-order valence-corrected chi connectivity index (χ0v) is 7.95. The quantitative estimate of drug-likeness (QED) is 0.571. The Kier molecular flexibility index (Phi) is 6.16. The normalized spacial score (nSPS) is 11.4. The van der Waals surface area contributed by atoms with Gasteiger partial charge in [-0.3, -0.25) is 4.79 Å². The maximum absolute atomic E-state index is 11.1. The molecule has 0 saturated carbocycles. The standard InChI is InChI=1S/C9H13NO4/c1-3-4-7(9(12)13)10-8(11)5-6-14-2/h1,7H,4-6H2,2H3,(H,10,11)(H,12,13). The Balaban J connectivity index is 3.97. The van der Waals surface area contributed by atoms with Crippen LogP contribution in [0.2, 0.25) is 0 Å². The van der Waals surface area contributed by atoms with E-state index in [1.54, 1.807) is 0 Å². The number of terminal acetylenes is 1. The van der Waals surface area contributed by atoms with Crippen LogP contribution >= 0.6 is 0 Å². The summed E-state index contributed by atoms with van der Waals surface area (Å²) in [6, 6.07) is -1.01. The van der Waals surface area contributed by atoms with Gasteiger partial charge in [-0.15, -0.1) is 12.3 Å². The lowest BCUT2D eigenvalue weighted by molar-refractivity contribution is -0.141. The number of carbonyl (C=O) groups excluding carboxylic acids is 1. The van der Waals surface area contributed by atoms with Crippen molar-refractivity contribution in [2.75, 3.05) is 13.7 Å². The predicted molar refractivity (Wildman–Crippen MR) is 49.5 cm³/mol. The number of carboxylic acids is 1. The van der Waals surface area contributed by atoms with E-state index in [0.717, 1.165) is 0 Å². The van der Waals surface area contributed by atoms with Crippen molar-refractivity contribution >= 4 is 11.9 Å². The van der Waals surface area contributed by atoms with Crippen LogP contribution in [0.3, 0.4) is 0 Å². The first-order valence-corrected chi connectivity index (χ1v) is 4.06. The first kappa shape index (κ1) is 12.5. The highest BCUT2D eigenvalue weighted by atomic mass is 16.5. The summed E-state index contributed by atoms with van der Waals surface area (Å²) >= 11 is 0. The van der Waals surface area contributed by atoms with Gasteiger partial charge in [0, 0.05) is 20.0 Å². The van der Waals surface area contributed by atoms with Crippen molar-refractivity contribution < 1.29 is 19.4 Å². The average molecular weight is 199 g/mol. The second-order valence-electron chi connectivity index (χ2n) is 2.61. The fourth-order valence-corrected chi connectivity index (χ4v) is 0.779. The molecule has 0 aromatic heterocycles. The summed E-state index contributed by atoms with van der Waals surface area (Å²) in [6.07, 6.45) is 5.06. The van der Waals surface area contributed by atoms with Gasteiger partial charge < -0.3 is 15.2 Å². The number of aliphatic carboxylic acids is 1. The Morgan fingerprint density at radius 3 is 2.71 bits per heavy atom. The third-order valence-corrected chi connectivity index (χ3v) is 1.49. The summed E-state index contributed by atoms with van der Waals surface area (Å²) < 4.78 is 4.67. The first-order valence-electron chi connectivity index (χ1n) is 4.06. The van der Waals surface area contributed by atoms with Gasteiger partial charge in [0.25, 0.3) is 0 Å². The zero-order chi connectivity index (χ0) is 11.0. The number of hydrogen-bond acceptors (Lipinski definition) is 3. The lowest BCUT2D eigenvalue weighted by atomic mass is 10.2. The van der Waals surface area contributed by atoms with Crippen LogP contribution < -0.4 is 5.32 Å². The van der Waals surface area contributed by atoms with Gasteiger partial charge in [0.05, 0.1) is 6.61 Å². The van der Waals surface area contributed by atoms with Crippen LogP contribution in [0.1, 0.15) is 12.8 Å². The topological polar surface area (TPSA) is 75.6 Å². The highest BCUT2D eigenvalue weighted by Gasteiger charge is 2.17. The summed E-state index contributed by atoms with van der Waals surface area (Å²) in [4.78, 5) is 21.6. The molecule has 0 aliphatic heterocycles. The van der Waals surface area contributed by atoms with E-state index in [1.807, 2.05) is 0 Å². The molecule has 78 valence electrons. The lowest BCUT2D eigenvalue weighted by Crippen LogP contribution is -2.40. The van der Waals surface area contributed by atoms with Crippen LogP contribution in [-0.4, -0.2) is 36.7 Å². The molecule has 1 amide bonds. The van der Waals surface area contributed by atoms with Crippen LogP contribution in [0.4, 0.5) is 0 Å². The Morgan fingerprint density at radius 2 is 2.29 bits per heavy atom. The molecule has 5 nitrogen and oxygen atoms in total. The van der Waals surface area contributed by atoms with E-state index in [-0.39, 0.29) is 25.4 Å². The van der Waals surface area contributed by atoms with Crippen LogP contribution in [-0.2, 0) is 14.3 Å². The highest BCUT2D eigenvalue weighted by Crippen LogP contribution is 1.92. The number of nitrogens with one attached hydrogen (secondary N) is 1. The van der Waals surface area contributed by atoms with E-state index in [9.17, 15) is 9.59 Å².